The van der Waals surface area contributed by atoms with Gasteiger partial charge in [-0.15, -0.1) is 12.4 Å². The number of hydrogen-bond donors (Lipinski definition) is 2. The summed E-state index contributed by atoms with van der Waals surface area (Å²) in [6, 6.07) is 8.99. The molecule has 0 radical (unpaired) electrons. The molecular formula is C18H25ClN4O3. The molecule has 1 amide bonds. The molecule has 0 aliphatic carbocycles. The molecule has 26 heavy (non-hydrogen) atoms. The Bertz CT molecular complexity index is 689. The average Bonchev–Trinajstić information content (AvgIpc) is 3.11. The number of ether oxygens (including phenoxy) is 1. The molecule has 142 valence electrons. The van der Waals surface area contributed by atoms with Gasteiger partial charge in [-0.1, -0.05) is 35.5 Å². The van der Waals surface area contributed by atoms with Crippen molar-refractivity contribution < 1.29 is 14.1 Å². The fourth-order valence-corrected chi connectivity index (χ4v) is 2.95. The molecular weight excluding hydrogens is 356 g/mol. The molecule has 2 aromatic rings. The smallest absolute Gasteiger partial charge is 0.248 e. The summed E-state index contributed by atoms with van der Waals surface area (Å²) in [5.41, 5.74) is 7.20. The summed E-state index contributed by atoms with van der Waals surface area (Å²) in [4.78, 5) is 16.7. The summed E-state index contributed by atoms with van der Waals surface area (Å²) in [7, 11) is 0. The Balaban J connectivity index is 0.00000243. The number of carbonyl (C=O) groups excluding carboxylic acids is 1. The van der Waals surface area contributed by atoms with E-state index in [0.29, 0.717) is 31.3 Å². The van der Waals surface area contributed by atoms with Crippen LogP contribution in [-0.4, -0.2) is 35.3 Å². The van der Waals surface area contributed by atoms with E-state index in [1.807, 2.05) is 37.3 Å². The highest BCUT2D eigenvalue weighted by Crippen LogP contribution is 2.19. The molecule has 3 rings (SSSR count). The summed E-state index contributed by atoms with van der Waals surface area (Å²) in [6.45, 7) is 3.13. The topological polar surface area (TPSA) is 103 Å². The van der Waals surface area contributed by atoms with Crippen LogP contribution in [0.5, 0.6) is 0 Å². The lowest BCUT2D eigenvalue weighted by Crippen LogP contribution is -2.47. The number of rotatable bonds is 6. The second-order valence-electron chi connectivity index (χ2n) is 6.42. The van der Waals surface area contributed by atoms with Crippen molar-refractivity contribution in [2.24, 2.45) is 11.7 Å². The van der Waals surface area contributed by atoms with Crippen molar-refractivity contribution in [3.8, 4) is 0 Å². The van der Waals surface area contributed by atoms with Crippen molar-refractivity contribution in [3.63, 3.8) is 0 Å². The standard InChI is InChI=1S/C18H24N4O3.ClH/c1-12(20-17(23)16(19)14-7-9-24-10-8-14)18-21-15(22-25-18)11-13-5-3-2-4-6-13;/h2-6,12,14,16H,7-11,19H2,1H3,(H,20,23);1H. The van der Waals surface area contributed by atoms with Crippen molar-refractivity contribution in [1.82, 2.24) is 15.5 Å². The summed E-state index contributed by atoms with van der Waals surface area (Å²) >= 11 is 0. The molecule has 1 aromatic heterocycles. The Kier molecular flexibility index (Phi) is 7.56. The molecule has 1 aliphatic rings. The maximum absolute atomic E-state index is 12.4. The number of carbonyl (C=O) groups is 1. The lowest BCUT2D eigenvalue weighted by atomic mass is 9.92. The number of benzene rings is 1. The van der Waals surface area contributed by atoms with Gasteiger partial charge in [-0.2, -0.15) is 4.98 Å². The molecule has 0 bridgehead atoms. The monoisotopic (exact) mass is 380 g/mol. The third-order valence-electron chi connectivity index (χ3n) is 4.49. The van der Waals surface area contributed by atoms with Gasteiger partial charge in [0, 0.05) is 19.6 Å². The van der Waals surface area contributed by atoms with Crippen molar-refractivity contribution in [1.29, 1.82) is 0 Å². The first kappa shape index (κ1) is 20.4. The van der Waals surface area contributed by atoms with Crippen LogP contribution >= 0.6 is 12.4 Å². The van der Waals surface area contributed by atoms with Crippen LogP contribution in [0.3, 0.4) is 0 Å². The molecule has 1 aromatic carbocycles. The van der Waals surface area contributed by atoms with Gasteiger partial charge in [-0.3, -0.25) is 4.79 Å². The lowest BCUT2D eigenvalue weighted by Gasteiger charge is -2.27. The highest BCUT2D eigenvalue weighted by molar-refractivity contribution is 5.85. The average molecular weight is 381 g/mol. The van der Waals surface area contributed by atoms with E-state index in [9.17, 15) is 4.79 Å². The molecule has 2 unspecified atom stereocenters. The zero-order valence-corrected chi connectivity index (χ0v) is 15.6. The maximum atomic E-state index is 12.4. The van der Waals surface area contributed by atoms with Gasteiger partial charge in [0.1, 0.15) is 6.04 Å². The summed E-state index contributed by atoms with van der Waals surface area (Å²) in [5.74, 6) is 0.939. The molecule has 2 heterocycles. The van der Waals surface area contributed by atoms with Crippen molar-refractivity contribution in [2.75, 3.05) is 13.2 Å². The van der Waals surface area contributed by atoms with E-state index >= 15 is 0 Å². The minimum atomic E-state index is -0.543. The van der Waals surface area contributed by atoms with Gasteiger partial charge in [0.15, 0.2) is 5.82 Å². The molecule has 0 saturated carbocycles. The zero-order chi connectivity index (χ0) is 17.6. The van der Waals surface area contributed by atoms with Crippen LogP contribution in [0.2, 0.25) is 0 Å². The van der Waals surface area contributed by atoms with Gasteiger partial charge in [0.05, 0.1) is 6.04 Å². The van der Waals surface area contributed by atoms with E-state index in [1.54, 1.807) is 0 Å². The van der Waals surface area contributed by atoms with Crippen molar-refractivity contribution >= 4 is 18.3 Å². The molecule has 0 spiro atoms. The van der Waals surface area contributed by atoms with Crippen LogP contribution in [0.4, 0.5) is 0 Å². The Morgan fingerprint density at radius 2 is 2.00 bits per heavy atom. The Morgan fingerprint density at radius 1 is 1.31 bits per heavy atom. The van der Waals surface area contributed by atoms with E-state index in [2.05, 4.69) is 15.5 Å². The van der Waals surface area contributed by atoms with E-state index in [0.717, 1.165) is 18.4 Å². The lowest BCUT2D eigenvalue weighted by molar-refractivity contribution is -0.125. The number of halogens is 1. The van der Waals surface area contributed by atoms with Crippen LogP contribution in [0, 0.1) is 5.92 Å². The molecule has 1 aliphatic heterocycles. The highest BCUT2D eigenvalue weighted by Gasteiger charge is 2.28. The largest absolute Gasteiger partial charge is 0.381 e. The van der Waals surface area contributed by atoms with Crippen LogP contribution in [-0.2, 0) is 16.0 Å². The van der Waals surface area contributed by atoms with Crippen LogP contribution in [0.15, 0.2) is 34.9 Å². The van der Waals surface area contributed by atoms with E-state index in [1.165, 1.54) is 0 Å². The van der Waals surface area contributed by atoms with Crippen molar-refractivity contribution in [2.45, 2.75) is 38.3 Å². The SMILES string of the molecule is CC(NC(=O)C(N)C1CCOCC1)c1nc(Cc2ccccc2)no1.Cl. The quantitative estimate of drug-likeness (QED) is 0.794. The first-order valence-corrected chi connectivity index (χ1v) is 8.63. The van der Waals surface area contributed by atoms with Crippen molar-refractivity contribution in [3.05, 3.63) is 47.6 Å². The first-order chi connectivity index (χ1) is 12.1. The molecule has 7 nitrogen and oxygen atoms in total. The Morgan fingerprint density at radius 3 is 2.69 bits per heavy atom. The second-order valence-corrected chi connectivity index (χ2v) is 6.42. The minimum absolute atomic E-state index is 0. The second kappa shape index (κ2) is 9.66. The summed E-state index contributed by atoms with van der Waals surface area (Å²) < 4.78 is 10.6. The van der Waals surface area contributed by atoms with E-state index in [4.69, 9.17) is 15.0 Å². The summed E-state index contributed by atoms with van der Waals surface area (Å²) in [6.07, 6.45) is 2.21. The van der Waals surface area contributed by atoms with E-state index in [-0.39, 0.29) is 30.3 Å². The number of nitrogens with two attached hydrogens (primary N) is 1. The number of nitrogens with zero attached hydrogens (tertiary/aromatic N) is 2. The number of hydrogen-bond acceptors (Lipinski definition) is 6. The molecule has 8 heteroatoms. The van der Waals surface area contributed by atoms with Gasteiger partial charge in [-0.25, -0.2) is 0 Å². The molecule has 3 N–H and O–H groups in total. The fraction of sp³-hybridized carbons (Fsp3) is 0.500. The van der Waals surface area contributed by atoms with Gasteiger partial charge < -0.3 is 20.3 Å². The van der Waals surface area contributed by atoms with Crippen LogP contribution in [0.25, 0.3) is 0 Å². The van der Waals surface area contributed by atoms with Gasteiger partial charge in [0.25, 0.3) is 0 Å². The number of nitrogens with one attached hydrogen (secondary N) is 1. The van der Waals surface area contributed by atoms with Gasteiger partial charge in [0.2, 0.25) is 11.8 Å². The fourth-order valence-electron chi connectivity index (χ4n) is 2.95. The number of aromatic nitrogens is 2. The van der Waals surface area contributed by atoms with Gasteiger partial charge >= 0.3 is 0 Å². The minimum Gasteiger partial charge on any atom is -0.381 e. The van der Waals surface area contributed by atoms with Crippen LogP contribution in [0.1, 0.15) is 43.1 Å². The Labute approximate surface area is 159 Å². The molecule has 1 fully saturated rings. The first-order valence-electron chi connectivity index (χ1n) is 8.63. The normalized spacial score (nSPS) is 17.2. The third kappa shape index (κ3) is 5.27. The Hall–Kier alpha value is -1.96. The molecule has 1 saturated heterocycles. The number of amides is 1. The zero-order valence-electron chi connectivity index (χ0n) is 14.8. The van der Waals surface area contributed by atoms with E-state index < -0.39 is 6.04 Å². The van der Waals surface area contributed by atoms with Crippen LogP contribution < -0.4 is 11.1 Å². The predicted octanol–water partition coefficient (Wildman–Crippen LogP) is 2.01. The van der Waals surface area contributed by atoms with Gasteiger partial charge in [-0.05, 0) is 31.2 Å². The maximum Gasteiger partial charge on any atom is 0.248 e. The summed E-state index contributed by atoms with van der Waals surface area (Å²) in [5, 5.41) is 6.86. The predicted molar refractivity (Wildman–Crippen MR) is 98.9 cm³/mol. The third-order valence-corrected chi connectivity index (χ3v) is 4.49. The highest BCUT2D eigenvalue weighted by atomic mass is 35.5. The molecule has 2 atom stereocenters.